The van der Waals surface area contributed by atoms with Crippen LogP contribution >= 0.6 is 0 Å². The van der Waals surface area contributed by atoms with Crippen LogP contribution < -0.4 is 10.5 Å². The van der Waals surface area contributed by atoms with Crippen LogP contribution in [0.15, 0.2) is 18.2 Å². The van der Waals surface area contributed by atoms with Gasteiger partial charge in [-0.05, 0) is 37.5 Å². The van der Waals surface area contributed by atoms with Gasteiger partial charge in [0.2, 0.25) is 0 Å². The van der Waals surface area contributed by atoms with Crippen LogP contribution in [0.2, 0.25) is 0 Å². The molecular formula is C12H17FN2O2. The minimum atomic E-state index is -0.514. The third-order valence-electron chi connectivity index (χ3n) is 2.30. The van der Waals surface area contributed by atoms with Crippen LogP contribution in [0.4, 0.5) is 4.39 Å². The molecule has 0 atom stereocenters. The van der Waals surface area contributed by atoms with Crippen molar-refractivity contribution in [1.82, 2.24) is 0 Å². The zero-order chi connectivity index (χ0) is 12.7. The predicted molar refractivity (Wildman–Crippen MR) is 63.8 cm³/mol. The highest BCUT2D eigenvalue weighted by molar-refractivity contribution is 5.95. The van der Waals surface area contributed by atoms with Crippen LogP contribution in [0.1, 0.15) is 24.8 Å². The van der Waals surface area contributed by atoms with E-state index in [-0.39, 0.29) is 18.2 Å². The molecule has 1 rings (SSSR count). The molecule has 0 saturated carbocycles. The standard InChI is InChI=1S/C12H17FN2O2/c13-10-8-9(12(14)15)4-5-11(10)17-7-3-1-2-6-16/h4-5,8,16H,1-3,6-7H2,(H3,14,15). The van der Waals surface area contributed by atoms with E-state index in [9.17, 15) is 4.39 Å². The molecule has 4 N–H and O–H groups in total. The molecule has 0 unspecified atom stereocenters. The molecule has 0 aromatic heterocycles. The second-order valence-electron chi connectivity index (χ2n) is 3.69. The van der Waals surface area contributed by atoms with Gasteiger partial charge in [0.05, 0.1) is 6.61 Å². The van der Waals surface area contributed by atoms with E-state index in [0.717, 1.165) is 19.3 Å². The number of amidine groups is 1. The van der Waals surface area contributed by atoms with Crippen molar-refractivity contribution >= 4 is 5.84 Å². The maximum absolute atomic E-state index is 13.5. The highest BCUT2D eigenvalue weighted by Gasteiger charge is 2.06. The number of nitrogens with one attached hydrogen (secondary N) is 1. The first kappa shape index (κ1) is 13.4. The molecule has 0 amide bonds. The van der Waals surface area contributed by atoms with E-state index in [1.54, 1.807) is 6.07 Å². The summed E-state index contributed by atoms with van der Waals surface area (Å²) in [6.45, 7) is 0.581. The minimum Gasteiger partial charge on any atom is -0.491 e. The summed E-state index contributed by atoms with van der Waals surface area (Å²) in [5, 5.41) is 15.7. The Morgan fingerprint density at radius 2 is 2.12 bits per heavy atom. The Bertz CT molecular complexity index is 383. The summed E-state index contributed by atoms with van der Waals surface area (Å²) in [5.41, 5.74) is 5.58. The average Bonchev–Trinajstić information content (AvgIpc) is 2.30. The molecule has 0 aliphatic rings. The Balaban J connectivity index is 2.46. The molecule has 0 fully saturated rings. The fourth-order valence-corrected chi connectivity index (χ4v) is 1.36. The van der Waals surface area contributed by atoms with Crippen molar-refractivity contribution in [1.29, 1.82) is 5.41 Å². The quantitative estimate of drug-likeness (QED) is 0.385. The lowest BCUT2D eigenvalue weighted by atomic mass is 10.2. The third-order valence-corrected chi connectivity index (χ3v) is 2.30. The van der Waals surface area contributed by atoms with Gasteiger partial charge in [-0.2, -0.15) is 0 Å². The maximum Gasteiger partial charge on any atom is 0.165 e. The van der Waals surface area contributed by atoms with E-state index >= 15 is 0 Å². The molecule has 1 aromatic carbocycles. The summed E-state index contributed by atoms with van der Waals surface area (Å²) in [5.74, 6) is -0.516. The smallest absolute Gasteiger partial charge is 0.165 e. The molecule has 94 valence electrons. The molecule has 0 spiro atoms. The Morgan fingerprint density at radius 1 is 1.35 bits per heavy atom. The maximum atomic E-state index is 13.5. The molecule has 5 heteroatoms. The lowest BCUT2D eigenvalue weighted by molar-refractivity contribution is 0.261. The van der Waals surface area contributed by atoms with Gasteiger partial charge < -0.3 is 15.6 Å². The van der Waals surface area contributed by atoms with Gasteiger partial charge in [-0.1, -0.05) is 0 Å². The van der Waals surface area contributed by atoms with Gasteiger partial charge in [0.1, 0.15) is 5.84 Å². The number of unbranched alkanes of at least 4 members (excludes halogenated alkanes) is 2. The van der Waals surface area contributed by atoms with Crippen LogP contribution in [-0.2, 0) is 0 Å². The van der Waals surface area contributed by atoms with Gasteiger partial charge in [0.15, 0.2) is 11.6 Å². The van der Waals surface area contributed by atoms with E-state index in [4.69, 9.17) is 21.0 Å². The van der Waals surface area contributed by atoms with E-state index in [0.29, 0.717) is 12.2 Å². The number of aliphatic hydroxyl groups excluding tert-OH is 1. The van der Waals surface area contributed by atoms with Crippen molar-refractivity contribution in [2.45, 2.75) is 19.3 Å². The fourth-order valence-electron chi connectivity index (χ4n) is 1.36. The van der Waals surface area contributed by atoms with Gasteiger partial charge in [0, 0.05) is 12.2 Å². The summed E-state index contributed by atoms with van der Waals surface area (Å²) >= 11 is 0. The Morgan fingerprint density at radius 3 is 2.71 bits per heavy atom. The summed E-state index contributed by atoms with van der Waals surface area (Å²) in [7, 11) is 0. The van der Waals surface area contributed by atoms with Crippen molar-refractivity contribution in [3.05, 3.63) is 29.6 Å². The first-order valence-electron chi connectivity index (χ1n) is 5.52. The van der Waals surface area contributed by atoms with E-state index in [1.165, 1.54) is 12.1 Å². The normalized spacial score (nSPS) is 10.2. The van der Waals surface area contributed by atoms with Gasteiger partial charge in [-0.25, -0.2) is 4.39 Å². The van der Waals surface area contributed by atoms with Gasteiger partial charge in [-0.3, -0.25) is 5.41 Å². The molecule has 0 radical (unpaired) electrons. The highest BCUT2D eigenvalue weighted by Crippen LogP contribution is 2.18. The molecular weight excluding hydrogens is 223 g/mol. The second-order valence-corrected chi connectivity index (χ2v) is 3.69. The van der Waals surface area contributed by atoms with Gasteiger partial charge >= 0.3 is 0 Å². The third kappa shape index (κ3) is 4.40. The van der Waals surface area contributed by atoms with Gasteiger partial charge in [0.25, 0.3) is 0 Å². The Hall–Kier alpha value is -1.62. The van der Waals surface area contributed by atoms with Crippen LogP contribution in [0.5, 0.6) is 5.75 Å². The van der Waals surface area contributed by atoms with Crippen molar-refractivity contribution in [3.63, 3.8) is 0 Å². The number of nitrogen functional groups attached to an aromatic ring is 1. The molecule has 0 aliphatic carbocycles. The van der Waals surface area contributed by atoms with Crippen LogP contribution in [0.25, 0.3) is 0 Å². The van der Waals surface area contributed by atoms with Crippen molar-refractivity contribution in [2.24, 2.45) is 5.73 Å². The van der Waals surface area contributed by atoms with Crippen molar-refractivity contribution < 1.29 is 14.2 Å². The molecule has 0 heterocycles. The lowest BCUT2D eigenvalue weighted by Gasteiger charge is -2.08. The number of ether oxygens (including phenoxy) is 1. The first-order valence-corrected chi connectivity index (χ1v) is 5.52. The molecule has 0 bridgehead atoms. The zero-order valence-corrected chi connectivity index (χ0v) is 9.58. The van der Waals surface area contributed by atoms with Gasteiger partial charge in [-0.15, -0.1) is 0 Å². The summed E-state index contributed by atoms with van der Waals surface area (Å²) < 4.78 is 18.7. The molecule has 1 aromatic rings. The lowest BCUT2D eigenvalue weighted by Crippen LogP contribution is -2.11. The van der Waals surface area contributed by atoms with Crippen molar-refractivity contribution in [2.75, 3.05) is 13.2 Å². The van der Waals surface area contributed by atoms with Crippen molar-refractivity contribution in [3.8, 4) is 5.75 Å². The predicted octanol–water partition coefficient (Wildman–Crippen LogP) is 1.65. The van der Waals surface area contributed by atoms with E-state index in [1.807, 2.05) is 0 Å². The monoisotopic (exact) mass is 240 g/mol. The van der Waals surface area contributed by atoms with Crippen LogP contribution in [0.3, 0.4) is 0 Å². The average molecular weight is 240 g/mol. The molecule has 0 aliphatic heterocycles. The molecule has 0 saturated heterocycles. The second kappa shape index (κ2) is 6.85. The summed E-state index contributed by atoms with van der Waals surface area (Å²) in [6, 6.07) is 4.21. The number of nitrogens with two attached hydrogens (primary N) is 1. The van der Waals surface area contributed by atoms with E-state index < -0.39 is 5.82 Å². The summed E-state index contributed by atoms with van der Waals surface area (Å²) in [4.78, 5) is 0. The highest BCUT2D eigenvalue weighted by atomic mass is 19.1. The number of aliphatic hydroxyl groups is 1. The number of hydrogen-bond acceptors (Lipinski definition) is 3. The molecule has 4 nitrogen and oxygen atoms in total. The van der Waals surface area contributed by atoms with Crippen LogP contribution in [0, 0.1) is 11.2 Å². The zero-order valence-electron chi connectivity index (χ0n) is 9.58. The Kier molecular flexibility index (Phi) is 5.42. The van der Waals surface area contributed by atoms with E-state index in [2.05, 4.69) is 0 Å². The number of halogens is 1. The Labute approximate surface area is 99.7 Å². The SMILES string of the molecule is N=C(N)c1ccc(OCCCCCO)c(F)c1. The number of benzene rings is 1. The number of rotatable bonds is 7. The number of hydrogen-bond donors (Lipinski definition) is 3. The molecule has 17 heavy (non-hydrogen) atoms. The first-order chi connectivity index (χ1) is 8.15. The largest absolute Gasteiger partial charge is 0.491 e. The fraction of sp³-hybridized carbons (Fsp3) is 0.417. The van der Waals surface area contributed by atoms with Crippen LogP contribution in [-0.4, -0.2) is 24.2 Å². The summed E-state index contributed by atoms with van der Waals surface area (Å²) in [6.07, 6.45) is 2.35. The minimum absolute atomic E-state index is 0.166. The topological polar surface area (TPSA) is 79.3 Å².